The number of halogens is 1. The van der Waals surface area contributed by atoms with Crippen molar-refractivity contribution in [3.05, 3.63) is 105 Å². The van der Waals surface area contributed by atoms with Crippen molar-refractivity contribution < 1.29 is 38.3 Å². The first-order chi connectivity index (χ1) is 26.5. The lowest BCUT2D eigenvalue weighted by atomic mass is 10.0. The lowest BCUT2D eigenvalue weighted by Crippen LogP contribution is -2.58. The third-order valence-corrected chi connectivity index (χ3v) is 11.2. The molecule has 7 amide bonds. The van der Waals surface area contributed by atoms with Gasteiger partial charge in [0.15, 0.2) is 5.13 Å². The normalized spacial score (nSPS) is 17.9. The van der Waals surface area contributed by atoms with Crippen molar-refractivity contribution in [1.82, 2.24) is 30.1 Å². The van der Waals surface area contributed by atoms with Crippen molar-refractivity contribution in [3.63, 3.8) is 0 Å². The van der Waals surface area contributed by atoms with E-state index in [-0.39, 0.29) is 48.0 Å². The van der Waals surface area contributed by atoms with Crippen LogP contribution in [0.5, 0.6) is 5.75 Å². The van der Waals surface area contributed by atoms with Gasteiger partial charge in [-0.25, -0.2) is 19.2 Å². The molecule has 2 saturated heterocycles. The van der Waals surface area contributed by atoms with E-state index in [4.69, 9.17) is 0 Å². The van der Waals surface area contributed by atoms with Crippen molar-refractivity contribution in [2.24, 2.45) is 0 Å². The molecule has 3 aromatic carbocycles. The zero-order valence-corrected chi connectivity index (χ0v) is 30.3. The number of hydrogen-bond acceptors (Lipinski definition) is 11. The molecule has 8 rings (SSSR count). The minimum absolute atomic E-state index is 0.0172. The molecule has 4 aromatic rings. The number of carbonyl (C=O) groups is 6. The van der Waals surface area contributed by atoms with Crippen LogP contribution in [0.1, 0.15) is 73.1 Å². The molecule has 4 aliphatic rings. The van der Waals surface area contributed by atoms with E-state index in [2.05, 4.69) is 25.4 Å². The molecule has 0 saturated carbocycles. The fourth-order valence-electron chi connectivity index (χ4n) is 7.69. The van der Waals surface area contributed by atoms with Crippen molar-refractivity contribution in [2.45, 2.75) is 44.4 Å². The fraction of sp³-hybridized carbons (Fsp3) is 0.289. The summed E-state index contributed by atoms with van der Waals surface area (Å²) in [5, 5.41) is 19.3. The Labute approximate surface area is 317 Å². The first-order valence-electron chi connectivity index (χ1n) is 17.7. The van der Waals surface area contributed by atoms with Crippen LogP contribution in [0.2, 0.25) is 0 Å². The number of anilines is 2. The van der Waals surface area contributed by atoms with E-state index in [1.165, 1.54) is 22.4 Å². The lowest BCUT2D eigenvalue weighted by Gasteiger charge is -2.38. The number of nitrogens with one attached hydrogen (secondary N) is 2. The molecule has 17 heteroatoms. The van der Waals surface area contributed by atoms with Crippen LogP contribution in [0.25, 0.3) is 0 Å². The molecule has 2 fully saturated rings. The highest BCUT2D eigenvalue weighted by Crippen LogP contribution is 2.38. The van der Waals surface area contributed by atoms with Crippen LogP contribution in [0, 0.1) is 5.82 Å². The minimum atomic E-state index is -1.32. The van der Waals surface area contributed by atoms with Gasteiger partial charge < -0.3 is 14.9 Å². The van der Waals surface area contributed by atoms with Crippen LogP contribution in [0.15, 0.2) is 66.2 Å². The number of thiazole rings is 1. The molecule has 0 spiro atoms. The van der Waals surface area contributed by atoms with Crippen molar-refractivity contribution in [3.8, 4) is 5.75 Å². The predicted molar refractivity (Wildman–Crippen MR) is 196 cm³/mol. The van der Waals surface area contributed by atoms with Gasteiger partial charge in [-0.15, -0.1) is 11.3 Å². The smallest absolute Gasteiger partial charge is 0.343 e. The van der Waals surface area contributed by atoms with Crippen LogP contribution in [-0.4, -0.2) is 98.2 Å². The van der Waals surface area contributed by atoms with E-state index in [1.54, 1.807) is 23.6 Å². The van der Waals surface area contributed by atoms with Crippen molar-refractivity contribution >= 4 is 57.7 Å². The number of hydrogen-bond donors (Lipinski definition) is 3. The van der Waals surface area contributed by atoms with Gasteiger partial charge in [-0.05, 0) is 73.5 Å². The Balaban J connectivity index is 0.920. The standard InChI is InChI=1S/C38H35FN8O7S/c1-43(19-21-2-6-26-28(16-21)36(53)47(35(26)52)46-14-10-31(49)41-38(46)54)24-8-12-44(13-9-24)25-5-3-22-20-45(34(51)27(22)18-25)32(29-17-23(39)4-7-30(29)48)33(50)42-37-40-11-15-55-37/h2-7,11,15-18,24,32,48H,8-10,12-14,19-20H2,1H3,(H,40,42,50)(H,41,49,54). The number of hydrazine groups is 1. The summed E-state index contributed by atoms with van der Waals surface area (Å²) >= 11 is 1.19. The number of carbonyl (C=O) groups excluding carboxylic acids is 6. The number of nitrogens with zero attached hydrogens (tertiary/aromatic N) is 6. The number of amides is 7. The molecule has 1 aromatic heterocycles. The monoisotopic (exact) mass is 766 g/mol. The molecule has 4 aliphatic heterocycles. The van der Waals surface area contributed by atoms with E-state index < -0.39 is 47.4 Å². The maximum Gasteiger partial charge on any atom is 0.343 e. The SMILES string of the molecule is CN(Cc1ccc2c(c1)C(=O)N(N1CCC(=O)NC1=O)C2=O)C1CCN(c2ccc3c(c2)C(=O)N(C(C(=O)Nc2nccs2)c2cc(F)ccc2O)C3)CC1. The number of aromatic hydroxyl groups is 1. The number of aromatic nitrogens is 1. The van der Waals surface area contributed by atoms with Gasteiger partial charge in [-0.3, -0.25) is 39.5 Å². The van der Waals surface area contributed by atoms with Crippen molar-refractivity contribution in [1.29, 1.82) is 0 Å². The number of benzene rings is 3. The molecule has 1 atom stereocenters. The quantitative estimate of drug-likeness (QED) is 0.212. The second-order valence-corrected chi connectivity index (χ2v) is 14.8. The second-order valence-electron chi connectivity index (χ2n) is 13.9. The fourth-order valence-corrected chi connectivity index (χ4v) is 8.22. The summed E-state index contributed by atoms with van der Waals surface area (Å²) in [6.45, 7) is 1.93. The molecule has 5 heterocycles. The van der Waals surface area contributed by atoms with Crippen LogP contribution in [-0.2, 0) is 22.7 Å². The van der Waals surface area contributed by atoms with E-state index in [0.717, 1.165) is 52.3 Å². The molecular weight excluding hydrogens is 732 g/mol. The highest BCUT2D eigenvalue weighted by atomic mass is 32.1. The summed E-state index contributed by atoms with van der Waals surface area (Å²) in [5.41, 5.74) is 3.19. The molecule has 1 unspecified atom stereocenters. The first-order valence-corrected chi connectivity index (χ1v) is 18.6. The van der Waals surface area contributed by atoms with Crippen molar-refractivity contribution in [2.75, 3.05) is 36.9 Å². The summed E-state index contributed by atoms with van der Waals surface area (Å²) < 4.78 is 14.4. The van der Waals surface area contributed by atoms with E-state index >= 15 is 0 Å². The summed E-state index contributed by atoms with van der Waals surface area (Å²) in [4.78, 5) is 87.7. The van der Waals surface area contributed by atoms with Gasteiger partial charge in [0.25, 0.3) is 23.6 Å². The highest BCUT2D eigenvalue weighted by Gasteiger charge is 2.44. The Bertz CT molecular complexity index is 2260. The average molecular weight is 767 g/mol. The maximum atomic E-state index is 14.4. The van der Waals surface area contributed by atoms with E-state index in [9.17, 15) is 38.3 Å². The highest BCUT2D eigenvalue weighted by molar-refractivity contribution is 7.13. The first kappa shape index (κ1) is 35.8. The molecule has 55 heavy (non-hydrogen) atoms. The largest absolute Gasteiger partial charge is 0.508 e. The third-order valence-electron chi connectivity index (χ3n) is 10.5. The number of rotatable bonds is 9. The Hall–Kier alpha value is -6.20. The van der Waals surface area contributed by atoms with Gasteiger partial charge in [0.05, 0.1) is 17.7 Å². The molecule has 0 radical (unpaired) electrons. The number of imide groups is 2. The summed E-state index contributed by atoms with van der Waals surface area (Å²) in [6.07, 6.45) is 3.13. The Kier molecular flexibility index (Phi) is 9.26. The number of piperidine rings is 1. The molecular formula is C38H35FN8O7S. The predicted octanol–water partition coefficient (Wildman–Crippen LogP) is 3.88. The zero-order chi connectivity index (χ0) is 38.5. The molecule has 0 aliphatic carbocycles. The van der Waals surface area contributed by atoms with Gasteiger partial charge in [0, 0.05) is 67.0 Å². The lowest BCUT2D eigenvalue weighted by molar-refractivity contribution is -0.123. The van der Waals surface area contributed by atoms with Gasteiger partial charge in [-0.2, -0.15) is 5.01 Å². The average Bonchev–Trinajstić information content (AvgIpc) is 3.86. The van der Waals surface area contributed by atoms with Crippen LogP contribution >= 0.6 is 11.3 Å². The minimum Gasteiger partial charge on any atom is -0.508 e. The number of urea groups is 1. The molecule has 15 nitrogen and oxygen atoms in total. The zero-order valence-electron chi connectivity index (χ0n) is 29.5. The summed E-state index contributed by atoms with van der Waals surface area (Å²) in [7, 11) is 2.00. The van der Waals surface area contributed by atoms with Gasteiger partial charge >= 0.3 is 6.03 Å². The maximum absolute atomic E-state index is 14.4. The number of phenolic OH excluding ortho intramolecular Hbond substituents is 1. The van der Waals surface area contributed by atoms with E-state index in [0.29, 0.717) is 35.9 Å². The molecule has 0 bridgehead atoms. The van der Waals surface area contributed by atoms with Gasteiger partial charge in [0.2, 0.25) is 5.91 Å². The summed E-state index contributed by atoms with van der Waals surface area (Å²) in [6, 6.07) is 12.1. The third kappa shape index (κ3) is 6.65. The van der Waals surface area contributed by atoms with Gasteiger partial charge in [0.1, 0.15) is 17.6 Å². The Morgan fingerprint density at radius 3 is 2.51 bits per heavy atom. The number of fused-ring (bicyclic) bond motifs is 2. The van der Waals surface area contributed by atoms with Crippen LogP contribution < -0.4 is 15.5 Å². The van der Waals surface area contributed by atoms with Crippen LogP contribution in [0.4, 0.5) is 20.0 Å². The Morgan fingerprint density at radius 1 is 0.982 bits per heavy atom. The topological polar surface area (TPSA) is 176 Å². The molecule has 3 N–H and O–H groups in total. The second kappa shape index (κ2) is 14.2. The number of phenols is 1. The summed E-state index contributed by atoms with van der Waals surface area (Å²) in [5.74, 6) is -3.70. The van der Waals surface area contributed by atoms with E-state index in [1.807, 2.05) is 25.2 Å². The molecule has 282 valence electrons. The van der Waals surface area contributed by atoms with Gasteiger partial charge in [-0.1, -0.05) is 12.1 Å². The van der Waals surface area contributed by atoms with Crippen LogP contribution in [0.3, 0.4) is 0 Å². The Morgan fingerprint density at radius 2 is 1.76 bits per heavy atom.